The van der Waals surface area contributed by atoms with Crippen LogP contribution in [-0.2, 0) is 11.3 Å². The molecule has 6 heteroatoms. The highest BCUT2D eigenvalue weighted by Gasteiger charge is 2.26. The fraction of sp³-hybridized carbons (Fsp3) is 0.684. The number of hydrogen-bond donors (Lipinski definition) is 0. The molecule has 0 saturated carbocycles. The van der Waals surface area contributed by atoms with Crippen molar-refractivity contribution in [1.29, 1.82) is 0 Å². The van der Waals surface area contributed by atoms with Gasteiger partial charge in [0.05, 0.1) is 7.11 Å². The van der Waals surface area contributed by atoms with Gasteiger partial charge < -0.3 is 18.9 Å². The van der Waals surface area contributed by atoms with Crippen molar-refractivity contribution < 1.29 is 18.9 Å². The highest BCUT2D eigenvalue weighted by molar-refractivity contribution is 5.51. The van der Waals surface area contributed by atoms with Crippen molar-refractivity contribution >= 4 is 0 Å². The van der Waals surface area contributed by atoms with Gasteiger partial charge in [0.25, 0.3) is 0 Å². The van der Waals surface area contributed by atoms with Crippen LogP contribution in [0.3, 0.4) is 0 Å². The zero-order valence-electron chi connectivity index (χ0n) is 15.0. The van der Waals surface area contributed by atoms with Gasteiger partial charge in [0.1, 0.15) is 19.0 Å². The van der Waals surface area contributed by atoms with Gasteiger partial charge in [0, 0.05) is 63.6 Å². The van der Waals surface area contributed by atoms with Crippen molar-refractivity contribution in [3.05, 3.63) is 17.7 Å². The number of piperazine rings is 1. The first-order valence-electron chi connectivity index (χ1n) is 9.34. The zero-order valence-corrected chi connectivity index (χ0v) is 15.0. The summed E-state index contributed by atoms with van der Waals surface area (Å²) >= 11 is 0. The number of fused-ring (bicyclic) bond motifs is 1. The van der Waals surface area contributed by atoms with E-state index in [0.717, 1.165) is 63.2 Å². The average Bonchev–Trinajstić information content (AvgIpc) is 2.69. The van der Waals surface area contributed by atoms with Crippen LogP contribution < -0.4 is 14.2 Å². The molecule has 0 aromatic heterocycles. The lowest BCUT2D eigenvalue weighted by Crippen LogP contribution is -2.51. The number of hydrogen-bond acceptors (Lipinski definition) is 6. The SMILES string of the molecule is COc1cc2c(cc1CN1CCN(C3CCOCC3)CC1)OCCO2. The van der Waals surface area contributed by atoms with Crippen LogP contribution in [0.1, 0.15) is 18.4 Å². The number of ether oxygens (including phenoxy) is 4. The third-order valence-corrected chi connectivity index (χ3v) is 5.45. The van der Waals surface area contributed by atoms with Gasteiger partial charge in [-0.1, -0.05) is 0 Å². The number of rotatable bonds is 4. The van der Waals surface area contributed by atoms with Gasteiger partial charge in [-0.2, -0.15) is 0 Å². The Kier molecular flexibility index (Phi) is 5.29. The number of methoxy groups -OCH3 is 1. The number of benzene rings is 1. The van der Waals surface area contributed by atoms with E-state index in [2.05, 4.69) is 15.9 Å². The predicted octanol–water partition coefficient (Wildman–Crippen LogP) is 1.76. The van der Waals surface area contributed by atoms with Crippen molar-refractivity contribution in [2.75, 3.05) is 59.7 Å². The highest BCUT2D eigenvalue weighted by Crippen LogP contribution is 2.37. The van der Waals surface area contributed by atoms with Crippen LogP contribution in [0, 0.1) is 0 Å². The maximum absolute atomic E-state index is 5.73. The van der Waals surface area contributed by atoms with Crippen LogP contribution >= 0.6 is 0 Å². The lowest BCUT2D eigenvalue weighted by molar-refractivity contribution is 0.0125. The van der Waals surface area contributed by atoms with Crippen molar-refractivity contribution in [3.63, 3.8) is 0 Å². The monoisotopic (exact) mass is 348 g/mol. The Morgan fingerprint density at radius 2 is 1.64 bits per heavy atom. The summed E-state index contributed by atoms with van der Waals surface area (Å²) in [6, 6.07) is 4.75. The van der Waals surface area contributed by atoms with E-state index in [-0.39, 0.29) is 0 Å². The minimum absolute atomic E-state index is 0.601. The first-order valence-corrected chi connectivity index (χ1v) is 9.34. The van der Waals surface area contributed by atoms with Crippen molar-refractivity contribution in [3.8, 4) is 17.2 Å². The van der Waals surface area contributed by atoms with Gasteiger partial charge in [0.15, 0.2) is 11.5 Å². The van der Waals surface area contributed by atoms with Gasteiger partial charge in [-0.05, 0) is 18.9 Å². The van der Waals surface area contributed by atoms with Gasteiger partial charge in [-0.15, -0.1) is 0 Å². The molecular weight excluding hydrogens is 320 g/mol. The molecule has 138 valence electrons. The van der Waals surface area contributed by atoms with E-state index in [0.29, 0.717) is 19.3 Å². The summed E-state index contributed by atoms with van der Waals surface area (Å²) < 4.78 is 22.5. The summed E-state index contributed by atoms with van der Waals surface area (Å²) in [6.07, 6.45) is 2.35. The molecule has 0 bridgehead atoms. The lowest BCUT2D eigenvalue weighted by atomic mass is 10.1. The van der Waals surface area contributed by atoms with Crippen LogP contribution in [0.25, 0.3) is 0 Å². The molecule has 0 radical (unpaired) electrons. The second-order valence-corrected chi connectivity index (χ2v) is 6.96. The van der Waals surface area contributed by atoms with Gasteiger partial charge in [-0.3, -0.25) is 9.80 Å². The van der Waals surface area contributed by atoms with Crippen LogP contribution in [0.15, 0.2) is 12.1 Å². The molecule has 4 rings (SSSR count). The summed E-state index contributed by atoms with van der Waals surface area (Å²) in [5, 5.41) is 0. The van der Waals surface area contributed by atoms with E-state index in [1.54, 1.807) is 7.11 Å². The van der Waals surface area contributed by atoms with E-state index in [1.165, 1.54) is 18.4 Å². The molecule has 1 aromatic carbocycles. The molecule has 3 aliphatic rings. The van der Waals surface area contributed by atoms with Crippen molar-refractivity contribution in [2.45, 2.75) is 25.4 Å². The standard InChI is InChI=1S/C19H28N2O4/c1-22-17-13-19-18(24-10-11-25-19)12-15(17)14-20-4-6-21(7-5-20)16-2-8-23-9-3-16/h12-13,16H,2-11,14H2,1H3. The second-order valence-electron chi connectivity index (χ2n) is 6.96. The summed E-state index contributed by atoms with van der Waals surface area (Å²) in [6.45, 7) is 8.39. The molecule has 2 saturated heterocycles. The first kappa shape index (κ1) is 16.9. The Morgan fingerprint density at radius 3 is 2.32 bits per heavy atom. The predicted molar refractivity (Wildman–Crippen MR) is 94.7 cm³/mol. The van der Waals surface area contributed by atoms with Crippen molar-refractivity contribution in [2.24, 2.45) is 0 Å². The third-order valence-electron chi connectivity index (χ3n) is 5.45. The molecule has 0 unspecified atom stereocenters. The van der Waals surface area contributed by atoms with Gasteiger partial charge >= 0.3 is 0 Å². The Bertz CT molecular complexity index is 581. The summed E-state index contributed by atoms with van der Waals surface area (Å²) in [7, 11) is 1.72. The zero-order chi connectivity index (χ0) is 17.1. The molecule has 3 heterocycles. The minimum Gasteiger partial charge on any atom is -0.496 e. The van der Waals surface area contributed by atoms with Crippen LogP contribution in [-0.4, -0.2) is 75.6 Å². The minimum atomic E-state index is 0.601. The van der Waals surface area contributed by atoms with E-state index in [1.807, 2.05) is 6.07 Å². The summed E-state index contributed by atoms with van der Waals surface area (Å²) in [5.41, 5.74) is 1.17. The van der Waals surface area contributed by atoms with Crippen LogP contribution in [0.2, 0.25) is 0 Å². The second kappa shape index (κ2) is 7.81. The topological polar surface area (TPSA) is 43.4 Å². The molecular formula is C19H28N2O4. The van der Waals surface area contributed by atoms with E-state index in [9.17, 15) is 0 Å². The molecule has 1 aromatic rings. The average molecular weight is 348 g/mol. The molecule has 0 aliphatic carbocycles. The molecule has 25 heavy (non-hydrogen) atoms. The number of nitrogens with zero attached hydrogens (tertiary/aromatic N) is 2. The maximum Gasteiger partial charge on any atom is 0.165 e. The first-order chi connectivity index (χ1) is 12.3. The largest absolute Gasteiger partial charge is 0.496 e. The van der Waals surface area contributed by atoms with Crippen molar-refractivity contribution in [1.82, 2.24) is 9.80 Å². The Balaban J connectivity index is 1.38. The lowest BCUT2D eigenvalue weighted by Gasteiger charge is -2.40. The fourth-order valence-corrected chi connectivity index (χ4v) is 4.00. The highest BCUT2D eigenvalue weighted by atomic mass is 16.6. The third kappa shape index (κ3) is 3.86. The molecule has 0 atom stereocenters. The normalized spacial score (nSPS) is 22.8. The Morgan fingerprint density at radius 1 is 0.960 bits per heavy atom. The fourth-order valence-electron chi connectivity index (χ4n) is 4.00. The molecule has 0 amide bonds. The van der Waals surface area contributed by atoms with Gasteiger partial charge in [0.2, 0.25) is 0 Å². The molecule has 0 N–H and O–H groups in total. The molecule has 6 nitrogen and oxygen atoms in total. The van der Waals surface area contributed by atoms with E-state index >= 15 is 0 Å². The van der Waals surface area contributed by atoms with E-state index < -0.39 is 0 Å². The summed E-state index contributed by atoms with van der Waals surface area (Å²) in [4.78, 5) is 5.14. The quantitative estimate of drug-likeness (QED) is 0.826. The Hall–Kier alpha value is -1.50. The maximum atomic E-state index is 5.73. The molecule has 0 spiro atoms. The molecule has 3 aliphatic heterocycles. The van der Waals surface area contributed by atoms with Crippen LogP contribution in [0.4, 0.5) is 0 Å². The smallest absolute Gasteiger partial charge is 0.165 e. The molecule has 2 fully saturated rings. The Labute approximate surface area is 149 Å². The van der Waals surface area contributed by atoms with Crippen LogP contribution in [0.5, 0.6) is 17.2 Å². The van der Waals surface area contributed by atoms with Gasteiger partial charge in [-0.25, -0.2) is 0 Å². The summed E-state index contributed by atoms with van der Waals surface area (Å²) in [5.74, 6) is 2.51. The van der Waals surface area contributed by atoms with E-state index in [4.69, 9.17) is 18.9 Å².